The van der Waals surface area contributed by atoms with Gasteiger partial charge in [-0.1, -0.05) is 13.0 Å². The Labute approximate surface area is 118 Å². The standard InChI is InChI=1S/C15H21FN2O2/c1-3-20-14-5-4-11(6-13(14)16)8-18-7-10(2)12(9-18)15(17)19/h4-6,10,12H,3,7-9H2,1-2H3,(H2,17,19)/t10-,12-/m1/s1. The van der Waals surface area contributed by atoms with Crippen LogP contribution in [0.5, 0.6) is 5.75 Å². The number of nitrogens with two attached hydrogens (primary N) is 1. The predicted molar refractivity (Wildman–Crippen MR) is 74.7 cm³/mol. The number of rotatable bonds is 5. The van der Waals surface area contributed by atoms with E-state index in [0.717, 1.165) is 12.1 Å². The second kappa shape index (κ2) is 6.22. The third-order valence-electron chi connectivity index (χ3n) is 3.76. The first-order chi connectivity index (χ1) is 9.51. The molecule has 1 aromatic carbocycles. The summed E-state index contributed by atoms with van der Waals surface area (Å²) in [5.74, 6) is -0.176. The highest BCUT2D eigenvalue weighted by Gasteiger charge is 2.33. The van der Waals surface area contributed by atoms with E-state index in [0.29, 0.717) is 19.7 Å². The summed E-state index contributed by atoms with van der Waals surface area (Å²) in [5, 5.41) is 0. The molecule has 1 aromatic rings. The molecule has 1 heterocycles. The fourth-order valence-electron chi connectivity index (χ4n) is 2.74. The summed E-state index contributed by atoms with van der Waals surface area (Å²) in [6.45, 7) is 6.36. The van der Waals surface area contributed by atoms with Gasteiger partial charge < -0.3 is 10.5 Å². The number of ether oxygens (including phenoxy) is 1. The van der Waals surface area contributed by atoms with Crippen molar-refractivity contribution in [3.63, 3.8) is 0 Å². The summed E-state index contributed by atoms with van der Waals surface area (Å²) in [7, 11) is 0. The van der Waals surface area contributed by atoms with Crippen molar-refractivity contribution < 1.29 is 13.9 Å². The van der Waals surface area contributed by atoms with Gasteiger partial charge in [-0.3, -0.25) is 9.69 Å². The zero-order chi connectivity index (χ0) is 14.7. The molecule has 5 heteroatoms. The van der Waals surface area contributed by atoms with Crippen LogP contribution in [-0.2, 0) is 11.3 Å². The molecule has 0 aliphatic carbocycles. The van der Waals surface area contributed by atoms with E-state index in [-0.39, 0.29) is 29.3 Å². The second-order valence-corrected chi connectivity index (χ2v) is 5.38. The highest BCUT2D eigenvalue weighted by Crippen LogP contribution is 2.25. The quantitative estimate of drug-likeness (QED) is 0.894. The lowest BCUT2D eigenvalue weighted by molar-refractivity contribution is -0.122. The van der Waals surface area contributed by atoms with E-state index < -0.39 is 0 Å². The molecule has 0 spiro atoms. The van der Waals surface area contributed by atoms with Crippen LogP contribution in [-0.4, -0.2) is 30.5 Å². The van der Waals surface area contributed by atoms with E-state index in [1.807, 2.05) is 19.9 Å². The van der Waals surface area contributed by atoms with Crippen LogP contribution in [0.25, 0.3) is 0 Å². The first-order valence-electron chi connectivity index (χ1n) is 6.94. The Bertz CT molecular complexity index is 493. The monoisotopic (exact) mass is 280 g/mol. The van der Waals surface area contributed by atoms with Crippen molar-refractivity contribution in [2.75, 3.05) is 19.7 Å². The Morgan fingerprint density at radius 2 is 2.25 bits per heavy atom. The highest BCUT2D eigenvalue weighted by molar-refractivity contribution is 5.77. The predicted octanol–water partition coefficient (Wildman–Crippen LogP) is 1.78. The molecule has 110 valence electrons. The van der Waals surface area contributed by atoms with E-state index in [1.54, 1.807) is 6.07 Å². The average Bonchev–Trinajstić information content (AvgIpc) is 2.74. The van der Waals surface area contributed by atoms with E-state index in [4.69, 9.17) is 10.5 Å². The molecule has 1 aliphatic rings. The van der Waals surface area contributed by atoms with Crippen molar-refractivity contribution in [3.05, 3.63) is 29.6 Å². The Kier molecular flexibility index (Phi) is 4.60. The summed E-state index contributed by atoms with van der Waals surface area (Å²) in [6, 6.07) is 5.00. The number of halogens is 1. The summed E-state index contributed by atoms with van der Waals surface area (Å²) < 4.78 is 19.0. The number of nitrogens with zero attached hydrogens (tertiary/aromatic N) is 1. The van der Waals surface area contributed by atoms with Gasteiger partial charge in [0.1, 0.15) is 0 Å². The van der Waals surface area contributed by atoms with Crippen LogP contribution >= 0.6 is 0 Å². The van der Waals surface area contributed by atoms with Gasteiger partial charge in [-0.2, -0.15) is 0 Å². The molecule has 0 saturated carbocycles. The minimum atomic E-state index is -0.344. The van der Waals surface area contributed by atoms with Gasteiger partial charge in [0.2, 0.25) is 5.91 Å². The molecule has 0 radical (unpaired) electrons. The van der Waals surface area contributed by atoms with Gasteiger partial charge in [0, 0.05) is 19.6 Å². The third kappa shape index (κ3) is 3.28. The molecule has 1 fully saturated rings. The molecular formula is C15H21FN2O2. The lowest BCUT2D eigenvalue weighted by Crippen LogP contribution is -2.29. The molecule has 2 N–H and O–H groups in total. The minimum Gasteiger partial charge on any atom is -0.491 e. The first kappa shape index (κ1) is 14.8. The Hall–Kier alpha value is -1.62. The normalized spacial score (nSPS) is 22.9. The topological polar surface area (TPSA) is 55.6 Å². The van der Waals surface area contributed by atoms with Gasteiger partial charge in [0.05, 0.1) is 12.5 Å². The van der Waals surface area contributed by atoms with Crippen LogP contribution in [0.3, 0.4) is 0 Å². The van der Waals surface area contributed by atoms with E-state index in [1.165, 1.54) is 6.07 Å². The largest absolute Gasteiger partial charge is 0.491 e. The second-order valence-electron chi connectivity index (χ2n) is 5.38. The molecule has 1 aliphatic heterocycles. The van der Waals surface area contributed by atoms with Crippen LogP contribution in [0.1, 0.15) is 19.4 Å². The molecule has 2 atom stereocenters. The number of amides is 1. The van der Waals surface area contributed by atoms with Gasteiger partial charge in [-0.25, -0.2) is 4.39 Å². The van der Waals surface area contributed by atoms with Crippen molar-refractivity contribution >= 4 is 5.91 Å². The van der Waals surface area contributed by atoms with Crippen LogP contribution in [0, 0.1) is 17.7 Å². The highest BCUT2D eigenvalue weighted by atomic mass is 19.1. The Balaban J connectivity index is 2.01. The van der Waals surface area contributed by atoms with E-state index in [2.05, 4.69) is 4.90 Å². The Morgan fingerprint density at radius 1 is 1.50 bits per heavy atom. The fourth-order valence-corrected chi connectivity index (χ4v) is 2.74. The summed E-state index contributed by atoms with van der Waals surface area (Å²) >= 11 is 0. The summed E-state index contributed by atoms with van der Waals surface area (Å²) in [4.78, 5) is 13.4. The molecule has 2 rings (SSSR count). The summed E-state index contributed by atoms with van der Waals surface area (Å²) in [5.41, 5.74) is 6.26. The van der Waals surface area contributed by atoms with Gasteiger partial charge in [-0.15, -0.1) is 0 Å². The number of likely N-dealkylation sites (tertiary alicyclic amines) is 1. The van der Waals surface area contributed by atoms with Crippen molar-refractivity contribution in [1.29, 1.82) is 0 Å². The number of hydrogen-bond donors (Lipinski definition) is 1. The fraction of sp³-hybridized carbons (Fsp3) is 0.533. The zero-order valence-corrected chi connectivity index (χ0v) is 11.9. The molecule has 0 unspecified atom stereocenters. The molecule has 4 nitrogen and oxygen atoms in total. The molecule has 1 saturated heterocycles. The zero-order valence-electron chi connectivity index (χ0n) is 11.9. The smallest absolute Gasteiger partial charge is 0.222 e. The van der Waals surface area contributed by atoms with Crippen LogP contribution in [0.4, 0.5) is 4.39 Å². The lowest BCUT2D eigenvalue weighted by atomic mass is 9.98. The van der Waals surface area contributed by atoms with Gasteiger partial charge in [0.25, 0.3) is 0 Å². The molecular weight excluding hydrogens is 259 g/mol. The van der Waals surface area contributed by atoms with Gasteiger partial charge >= 0.3 is 0 Å². The van der Waals surface area contributed by atoms with Crippen LogP contribution in [0.2, 0.25) is 0 Å². The third-order valence-corrected chi connectivity index (χ3v) is 3.76. The van der Waals surface area contributed by atoms with E-state index >= 15 is 0 Å². The van der Waals surface area contributed by atoms with Gasteiger partial charge in [0.15, 0.2) is 11.6 Å². The lowest BCUT2D eigenvalue weighted by Gasteiger charge is -2.16. The molecule has 0 bridgehead atoms. The van der Waals surface area contributed by atoms with Crippen LogP contribution < -0.4 is 10.5 Å². The molecule has 1 amide bonds. The SMILES string of the molecule is CCOc1ccc(CN2C[C@@H](C)[C@H](C(N)=O)C2)cc1F. The number of carbonyl (C=O) groups is 1. The molecule has 0 aromatic heterocycles. The minimum absolute atomic E-state index is 0.109. The number of hydrogen-bond acceptors (Lipinski definition) is 3. The number of primary amides is 1. The average molecular weight is 280 g/mol. The number of benzene rings is 1. The van der Waals surface area contributed by atoms with Crippen molar-refractivity contribution in [2.24, 2.45) is 17.6 Å². The molecule has 20 heavy (non-hydrogen) atoms. The first-order valence-corrected chi connectivity index (χ1v) is 6.94. The van der Waals surface area contributed by atoms with Crippen LogP contribution in [0.15, 0.2) is 18.2 Å². The maximum Gasteiger partial charge on any atom is 0.222 e. The maximum absolute atomic E-state index is 13.8. The van der Waals surface area contributed by atoms with Crippen molar-refractivity contribution in [3.8, 4) is 5.75 Å². The number of carbonyl (C=O) groups excluding carboxylic acids is 1. The van der Waals surface area contributed by atoms with Crippen molar-refractivity contribution in [2.45, 2.75) is 20.4 Å². The maximum atomic E-state index is 13.8. The van der Waals surface area contributed by atoms with E-state index in [9.17, 15) is 9.18 Å². The summed E-state index contributed by atoms with van der Waals surface area (Å²) in [6.07, 6.45) is 0. The van der Waals surface area contributed by atoms with Crippen molar-refractivity contribution in [1.82, 2.24) is 4.90 Å². The Morgan fingerprint density at radius 3 is 2.80 bits per heavy atom. The van der Waals surface area contributed by atoms with Gasteiger partial charge in [-0.05, 0) is 30.5 Å².